The largest absolute Gasteiger partial charge is 0.458 e. The van der Waals surface area contributed by atoms with Crippen LogP contribution in [0.1, 0.15) is 5.56 Å². The van der Waals surface area contributed by atoms with E-state index in [0.717, 1.165) is 16.5 Å². The fraction of sp³-hybridized carbons (Fsp3) is 0.0182. The van der Waals surface area contributed by atoms with E-state index in [4.69, 9.17) is 18.9 Å². The van der Waals surface area contributed by atoms with Crippen LogP contribution in [-0.4, -0.2) is 20.1 Å². The zero-order valence-electron chi connectivity index (χ0n) is 39.0. The van der Waals surface area contributed by atoms with Gasteiger partial charge in [-0.1, -0.05) is 124 Å². The lowest BCUT2D eigenvalue weighted by Crippen LogP contribution is -2.65. The first-order valence-corrected chi connectivity index (χ1v) is 27.7. The first-order chi connectivity index (χ1) is 35.8. The van der Waals surface area contributed by atoms with Crippen molar-refractivity contribution >= 4 is 124 Å². The van der Waals surface area contributed by atoms with Gasteiger partial charge in [-0.3, -0.25) is 0 Å². The maximum absolute atomic E-state index is 15.5. The van der Waals surface area contributed by atoms with Crippen molar-refractivity contribution in [2.75, 3.05) is 9.80 Å². The molecule has 6 nitrogen and oxygen atoms in total. The number of para-hydroxylation sites is 4. The Morgan fingerprint density at radius 2 is 0.684 bits per heavy atom. The fourth-order valence-electron chi connectivity index (χ4n) is 12.1. The number of halogens is 10. The minimum atomic E-state index is -10.5. The number of nitrogens with zero attached hydrogens (tertiary/aromatic N) is 2. The molecule has 0 saturated heterocycles. The fourth-order valence-corrected chi connectivity index (χ4v) is 13.4. The van der Waals surface area contributed by atoms with Crippen LogP contribution in [0.25, 0.3) is 0 Å². The van der Waals surface area contributed by atoms with Gasteiger partial charge in [-0.05, 0) is 123 Å². The predicted octanol–water partition coefficient (Wildman–Crippen LogP) is 12.8. The van der Waals surface area contributed by atoms with Crippen molar-refractivity contribution in [3.8, 4) is 46.0 Å². The highest BCUT2D eigenvalue weighted by molar-refractivity contribution is 8.46. The Morgan fingerprint density at radius 3 is 1.13 bits per heavy atom. The summed E-state index contributed by atoms with van der Waals surface area (Å²) in [7, 11) is -21.0. The number of ether oxygens (including phenoxy) is 4. The summed E-state index contributed by atoms with van der Waals surface area (Å²) in [6, 6.07) is 42.3. The zero-order valence-corrected chi connectivity index (χ0v) is 40.7. The van der Waals surface area contributed by atoms with Gasteiger partial charge in [0.2, 0.25) is 0 Å². The van der Waals surface area contributed by atoms with E-state index in [1.807, 2.05) is 55.5 Å². The van der Waals surface area contributed by atoms with Gasteiger partial charge in [0, 0.05) is 57.8 Å². The van der Waals surface area contributed by atoms with E-state index < -0.39 is 61.9 Å². The topological polar surface area (TPSA) is 43.4 Å². The number of rotatable bonds is 4. The molecular weight excluding hydrogens is 1040 g/mol. The molecular formula is C55H31B3F10N2O4S2. The molecule has 9 aromatic rings. The van der Waals surface area contributed by atoms with Crippen LogP contribution in [0.4, 0.5) is 73.0 Å². The highest BCUT2D eigenvalue weighted by atomic mass is 32.5. The van der Waals surface area contributed by atoms with Gasteiger partial charge >= 0.3 is 20.4 Å². The Hall–Kier alpha value is -8.03. The molecule has 0 bridgehead atoms. The highest BCUT2D eigenvalue weighted by Crippen LogP contribution is 3.03. The molecule has 21 heteroatoms. The first-order valence-electron chi connectivity index (χ1n) is 23.8. The summed E-state index contributed by atoms with van der Waals surface area (Å²) in [5.41, 5.74) is 5.35. The Morgan fingerprint density at radius 1 is 0.316 bits per heavy atom. The molecule has 0 aromatic heterocycles. The Kier molecular flexibility index (Phi) is 8.06. The van der Waals surface area contributed by atoms with Crippen molar-refractivity contribution in [3.63, 3.8) is 0 Å². The lowest BCUT2D eigenvalue weighted by molar-refractivity contribution is 0.359. The minimum Gasteiger partial charge on any atom is -0.458 e. The zero-order chi connectivity index (χ0) is 52.3. The number of benzene rings is 9. The number of fused-ring (bicyclic) bond motifs is 12. The maximum Gasteiger partial charge on any atom is 0.310 e. The quantitative estimate of drug-likeness (QED) is 0.129. The maximum atomic E-state index is 15.5. The molecule has 0 atom stereocenters. The summed E-state index contributed by atoms with van der Waals surface area (Å²) in [6.07, 6.45) is 0. The molecule has 0 fully saturated rings. The molecule has 0 saturated carbocycles. The average Bonchev–Trinajstić information content (AvgIpc) is 3.42. The van der Waals surface area contributed by atoms with Crippen LogP contribution in [0.2, 0.25) is 0 Å². The Bertz CT molecular complexity index is 4170. The number of anilines is 6. The number of hydrogen-bond acceptors (Lipinski definition) is 6. The molecule has 6 aliphatic heterocycles. The number of hydrogen-bond donors (Lipinski definition) is 0. The average molecular weight is 1070 g/mol. The molecule has 0 aliphatic carbocycles. The van der Waals surface area contributed by atoms with Crippen molar-refractivity contribution in [2.24, 2.45) is 0 Å². The summed E-state index contributed by atoms with van der Waals surface area (Å²) in [5.74, 6) is 1.12. The summed E-state index contributed by atoms with van der Waals surface area (Å²) in [6.45, 7) is -0.655. The van der Waals surface area contributed by atoms with Crippen molar-refractivity contribution in [3.05, 3.63) is 175 Å². The molecule has 0 radical (unpaired) electrons. The second-order valence-electron chi connectivity index (χ2n) is 19.8. The van der Waals surface area contributed by atoms with E-state index in [-0.39, 0.29) is 56.5 Å². The molecule has 9 aromatic carbocycles. The monoisotopic (exact) mass is 1070 g/mol. The third kappa shape index (κ3) is 6.57. The van der Waals surface area contributed by atoms with Crippen LogP contribution in [0.3, 0.4) is 0 Å². The second-order valence-corrected chi connectivity index (χ2v) is 24.7. The summed E-state index contributed by atoms with van der Waals surface area (Å²) in [5, 5.41) is 0. The van der Waals surface area contributed by atoms with Gasteiger partial charge in [-0.15, -0.1) is 0 Å². The van der Waals surface area contributed by atoms with Crippen molar-refractivity contribution in [1.82, 2.24) is 0 Å². The highest BCUT2D eigenvalue weighted by Gasteiger charge is 2.67. The SMILES string of the molecule is Cc1cc2c3c(c1)Oc1cc4c(cc1B3c1ccccc1O2)B1c2cc3c(cc2N(c2ccccc2)c2cc(S(F)(F)(F)(F)F)cc(c21)O4)N(c1ccccc1)c1cc(S(F)(F)(F)(F)F)cc2c1B3c1ccccc1O2. The van der Waals surface area contributed by atoms with E-state index in [2.05, 4.69) is 0 Å². The molecule has 0 amide bonds. The second kappa shape index (κ2) is 13.5. The molecule has 0 N–H and O–H groups in total. The molecule has 15 rings (SSSR count). The van der Waals surface area contributed by atoms with Crippen LogP contribution < -0.4 is 77.9 Å². The molecule has 6 aliphatic rings. The van der Waals surface area contributed by atoms with Crippen molar-refractivity contribution < 1.29 is 57.8 Å². The summed E-state index contributed by atoms with van der Waals surface area (Å²) in [4.78, 5) is -1.62. The van der Waals surface area contributed by atoms with E-state index in [1.165, 1.54) is 15.9 Å². The van der Waals surface area contributed by atoms with E-state index in [0.29, 0.717) is 74.6 Å². The van der Waals surface area contributed by atoms with Crippen LogP contribution in [0, 0.1) is 6.92 Å². The van der Waals surface area contributed by atoms with Gasteiger partial charge in [0.15, 0.2) is 0 Å². The molecule has 0 unspecified atom stereocenters. The van der Waals surface area contributed by atoms with Crippen molar-refractivity contribution in [2.45, 2.75) is 16.7 Å². The lowest BCUT2D eigenvalue weighted by Gasteiger charge is -2.46. The van der Waals surface area contributed by atoms with Gasteiger partial charge in [0.25, 0.3) is 20.1 Å². The minimum absolute atomic E-state index is 0.0218. The Labute approximate surface area is 427 Å². The number of aryl methyl sites for hydroxylation is 1. The van der Waals surface area contributed by atoms with Crippen molar-refractivity contribution in [1.29, 1.82) is 0 Å². The van der Waals surface area contributed by atoms with Gasteiger partial charge in [-0.2, -0.15) is 0 Å². The van der Waals surface area contributed by atoms with Crippen LogP contribution in [0.5, 0.6) is 46.0 Å². The van der Waals surface area contributed by atoms with E-state index in [1.54, 1.807) is 91.0 Å². The van der Waals surface area contributed by atoms with Crippen LogP contribution >= 0.6 is 20.4 Å². The van der Waals surface area contributed by atoms with Gasteiger partial charge in [0.1, 0.15) is 55.8 Å². The lowest BCUT2D eigenvalue weighted by atomic mass is 9.30. The normalized spacial score (nSPS) is 16.5. The molecule has 6 heterocycles. The predicted molar refractivity (Wildman–Crippen MR) is 283 cm³/mol. The first kappa shape index (κ1) is 45.4. The smallest absolute Gasteiger partial charge is 0.310 e. The molecule has 376 valence electrons. The molecule has 0 spiro atoms. The summed E-state index contributed by atoms with van der Waals surface area (Å²) >= 11 is 0. The van der Waals surface area contributed by atoms with Gasteiger partial charge in [0.05, 0.1) is 0 Å². The van der Waals surface area contributed by atoms with Gasteiger partial charge in [-0.25, -0.2) is 0 Å². The standard InChI is InChI=1S/C55H31B3F10N2O4S2/c1-30-20-49-55-50(21-30)73-47-29-48-40(27-39(47)57(55)36-17-9-11-19-46(36)71-49)58-38-26-37-41(28-42(38)70(32-14-6-3-7-15-32)44-23-34(76(64,65,66,67)68)25-52(74-48)54(44)58)69(31-12-4-2-5-13-31)43-22-33(75(59,60,61,62)63)24-51-53(43)56(37)35-16-8-10-18-45(35)72-51/h2-29H,1H3. The summed E-state index contributed by atoms with van der Waals surface area (Å²) < 4.78 is 179. The third-order valence-corrected chi connectivity index (χ3v) is 17.3. The third-order valence-electron chi connectivity index (χ3n) is 15.1. The van der Waals surface area contributed by atoms with Crippen LogP contribution in [0.15, 0.2) is 180 Å². The molecule has 76 heavy (non-hydrogen) atoms. The Balaban J connectivity index is 1.06. The van der Waals surface area contributed by atoms with E-state index in [9.17, 15) is 0 Å². The van der Waals surface area contributed by atoms with E-state index >= 15 is 38.9 Å². The van der Waals surface area contributed by atoms with Crippen LogP contribution in [-0.2, 0) is 0 Å². The van der Waals surface area contributed by atoms with Gasteiger partial charge < -0.3 is 28.7 Å².